The van der Waals surface area contributed by atoms with Gasteiger partial charge in [-0.05, 0) is 13.0 Å². The van der Waals surface area contributed by atoms with E-state index >= 15 is 0 Å². The zero-order valence-electron chi connectivity index (χ0n) is 9.71. The molecular weight excluding hydrogens is 278 g/mol. The quantitative estimate of drug-likeness (QED) is 0.611. The predicted octanol–water partition coefficient (Wildman–Crippen LogP) is 1.92. The third-order valence-electron chi connectivity index (χ3n) is 2.39. The maximum absolute atomic E-state index is 11.3. The van der Waals surface area contributed by atoms with Gasteiger partial charge in [-0.15, -0.1) is 0 Å². The van der Waals surface area contributed by atoms with E-state index in [-0.39, 0.29) is 5.75 Å². The Morgan fingerprint density at radius 2 is 1.80 bits per heavy atom. The first kappa shape index (κ1) is 15.4. The molecule has 0 saturated carbocycles. The molecule has 92 valence electrons. The molecule has 0 radical (unpaired) electrons. The van der Waals surface area contributed by atoms with E-state index in [4.69, 9.17) is 0 Å². The number of halogens is 1. The summed E-state index contributed by atoms with van der Waals surface area (Å²) in [4.78, 5) is 2.21. The Balaban J connectivity index is 3.94. The topological polar surface area (TPSA) is 37.4 Å². The first-order chi connectivity index (χ1) is 7.05. The van der Waals surface area contributed by atoms with Crippen molar-refractivity contribution in [2.24, 2.45) is 0 Å². The van der Waals surface area contributed by atoms with Crippen LogP contribution in [-0.4, -0.2) is 49.8 Å². The SMILES string of the molecule is CCCCN(CCBr)CCS(=O)(=O)CC. The summed E-state index contributed by atoms with van der Waals surface area (Å²) < 4.78 is 22.7. The number of hydrogen-bond acceptors (Lipinski definition) is 3. The highest BCUT2D eigenvalue weighted by molar-refractivity contribution is 9.09. The van der Waals surface area contributed by atoms with E-state index in [9.17, 15) is 8.42 Å². The molecule has 5 heteroatoms. The lowest BCUT2D eigenvalue weighted by molar-refractivity contribution is 0.302. The van der Waals surface area contributed by atoms with Gasteiger partial charge in [-0.1, -0.05) is 36.2 Å². The summed E-state index contributed by atoms with van der Waals surface area (Å²) in [6, 6.07) is 0. The summed E-state index contributed by atoms with van der Waals surface area (Å²) in [5.41, 5.74) is 0. The normalized spacial score (nSPS) is 12.3. The molecule has 0 rings (SSSR count). The number of sulfone groups is 1. The molecule has 0 spiro atoms. The van der Waals surface area contributed by atoms with Gasteiger partial charge in [0.05, 0.1) is 5.75 Å². The van der Waals surface area contributed by atoms with Crippen LogP contribution in [0, 0.1) is 0 Å². The van der Waals surface area contributed by atoms with E-state index in [1.54, 1.807) is 6.92 Å². The lowest BCUT2D eigenvalue weighted by Crippen LogP contribution is -2.32. The molecule has 0 fully saturated rings. The van der Waals surface area contributed by atoms with Gasteiger partial charge in [-0.2, -0.15) is 0 Å². The fourth-order valence-corrected chi connectivity index (χ4v) is 2.58. The van der Waals surface area contributed by atoms with Crippen LogP contribution in [0.25, 0.3) is 0 Å². The molecule has 3 nitrogen and oxygen atoms in total. The molecule has 0 aromatic carbocycles. The predicted molar refractivity (Wildman–Crippen MR) is 69.5 cm³/mol. The first-order valence-electron chi connectivity index (χ1n) is 5.54. The highest BCUT2D eigenvalue weighted by Gasteiger charge is 2.10. The maximum Gasteiger partial charge on any atom is 0.151 e. The van der Waals surface area contributed by atoms with Gasteiger partial charge < -0.3 is 4.90 Å². The van der Waals surface area contributed by atoms with Crippen LogP contribution in [0.3, 0.4) is 0 Å². The van der Waals surface area contributed by atoms with Crippen LogP contribution in [0.4, 0.5) is 0 Å². The molecule has 0 aliphatic carbocycles. The van der Waals surface area contributed by atoms with Gasteiger partial charge in [0.25, 0.3) is 0 Å². The molecule has 0 unspecified atom stereocenters. The minimum Gasteiger partial charge on any atom is -0.301 e. The molecule has 0 aromatic rings. The van der Waals surface area contributed by atoms with E-state index < -0.39 is 9.84 Å². The van der Waals surface area contributed by atoms with E-state index in [0.717, 1.165) is 31.3 Å². The Bertz CT molecular complexity index is 242. The van der Waals surface area contributed by atoms with Crippen molar-refractivity contribution in [3.05, 3.63) is 0 Å². The van der Waals surface area contributed by atoms with Crippen LogP contribution < -0.4 is 0 Å². The summed E-state index contributed by atoms with van der Waals surface area (Å²) in [7, 11) is -2.81. The average Bonchev–Trinajstić information content (AvgIpc) is 2.22. The van der Waals surface area contributed by atoms with E-state index in [1.165, 1.54) is 0 Å². The Morgan fingerprint density at radius 3 is 2.27 bits per heavy atom. The van der Waals surface area contributed by atoms with Crippen molar-refractivity contribution in [2.45, 2.75) is 26.7 Å². The molecule has 0 aliphatic rings. The third-order valence-corrected chi connectivity index (χ3v) is 4.43. The zero-order chi connectivity index (χ0) is 11.7. The Hall–Kier alpha value is 0.390. The average molecular weight is 300 g/mol. The van der Waals surface area contributed by atoms with Crippen LogP contribution in [0.1, 0.15) is 26.7 Å². The Kier molecular flexibility index (Phi) is 8.75. The van der Waals surface area contributed by atoms with Gasteiger partial charge in [0.1, 0.15) is 0 Å². The number of hydrogen-bond donors (Lipinski definition) is 0. The maximum atomic E-state index is 11.3. The van der Waals surface area contributed by atoms with Crippen molar-refractivity contribution in [2.75, 3.05) is 36.5 Å². The lowest BCUT2D eigenvalue weighted by Gasteiger charge is -2.20. The number of alkyl halides is 1. The second kappa shape index (κ2) is 8.53. The molecule has 0 aliphatic heterocycles. The van der Waals surface area contributed by atoms with Crippen LogP contribution in [0.15, 0.2) is 0 Å². The van der Waals surface area contributed by atoms with E-state index in [2.05, 4.69) is 27.8 Å². The third kappa shape index (κ3) is 8.22. The molecular formula is C10H22BrNO2S. The summed E-state index contributed by atoms with van der Waals surface area (Å²) >= 11 is 3.39. The highest BCUT2D eigenvalue weighted by Crippen LogP contribution is 1.99. The largest absolute Gasteiger partial charge is 0.301 e. The molecule has 0 aromatic heterocycles. The van der Waals surface area contributed by atoms with Crippen molar-refractivity contribution in [1.29, 1.82) is 0 Å². The molecule has 0 bridgehead atoms. The Morgan fingerprint density at radius 1 is 1.13 bits per heavy atom. The molecule has 0 amide bonds. The zero-order valence-corrected chi connectivity index (χ0v) is 12.1. The van der Waals surface area contributed by atoms with Crippen molar-refractivity contribution in [3.63, 3.8) is 0 Å². The van der Waals surface area contributed by atoms with Crippen LogP contribution in [0.5, 0.6) is 0 Å². The number of rotatable bonds is 9. The minimum absolute atomic E-state index is 0.253. The monoisotopic (exact) mass is 299 g/mol. The number of unbranched alkanes of at least 4 members (excludes halogenated alkanes) is 1. The number of nitrogens with zero attached hydrogens (tertiary/aromatic N) is 1. The molecule has 0 N–H and O–H groups in total. The summed E-state index contributed by atoms with van der Waals surface area (Å²) in [5, 5.41) is 0.906. The lowest BCUT2D eigenvalue weighted by atomic mass is 10.3. The molecule has 15 heavy (non-hydrogen) atoms. The van der Waals surface area contributed by atoms with E-state index in [1.807, 2.05) is 0 Å². The van der Waals surface area contributed by atoms with Crippen LogP contribution in [-0.2, 0) is 9.84 Å². The fraction of sp³-hybridized carbons (Fsp3) is 1.00. The first-order valence-corrected chi connectivity index (χ1v) is 8.48. The standard InChI is InChI=1S/C10H22BrNO2S/c1-3-5-7-12(8-6-11)9-10-15(13,14)4-2/h3-10H2,1-2H3. The highest BCUT2D eigenvalue weighted by atomic mass is 79.9. The minimum atomic E-state index is -2.81. The van der Waals surface area contributed by atoms with Gasteiger partial charge in [0.2, 0.25) is 0 Å². The van der Waals surface area contributed by atoms with Crippen LogP contribution >= 0.6 is 15.9 Å². The summed E-state index contributed by atoms with van der Waals surface area (Å²) in [6.07, 6.45) is 2.29. The molecule has 0 atom stereocenters. The van der Waals surface area contributed by atoms with Crippen molar-refractivity contribution in [1.82, 2.24) is 4.90 Å². The van der Waals surface area contributed by atoms with Gasteiger partial charge in [-0.25, -0.2) is 8.42 Å². The van der Waals surface area contributed by atoms with Crippen molar-refractivity contribution < 1.29 is 8.42 Å². The van der Waals surface area contributed by atoms with Crippen molar-refractivity contribution >= 4 is 25.8 Å². The summed E-state index contributed by atoms with van der Waals surface area (Å²) in [6.45, 7) is 6.45. The van der Waals surface area contributed by atoms with Crippen molar-refractivity contribution in [3.8, 4) is 0 Å². The smallest absolute Gasteiger partial charge is 0.151 e. The fourth-order valence-electron chi connectivity index (χ4n) is 1.25. The van der Waals surface area contributed by atoms with Gasteiger partial charge >= 0.3 is 0 Å². The molecule has 0 heterocycles. The summed E-state index contributed by atoms with van der Waals surface area (Å²) in [5.74, 6) is 0.545. The Labute approximate surface area is 102 Å². The van der Waals surface area contributed by atoms with Gasteiger partial charge in [0, 0.05) is 24.2 Å². The van der Waals surface area contributed by atoms with Gasteiger partial charge in [0.15, 0.2) is 9.84 Å². The van der Waals surface area contributed by atoms with E-state index in [0.29, 0.717) is 12.3 Å². The second-order valence-electron chi connectivity index (χ2n) is 3.62. The molecule has 0 saturated heterocycles. The van der Waals surface area contributed by atoms with Gasteiger partial charge in [-0.3, -0.25) is 0 Å². The second-order valence-corrected chi connectivity index (χ2v) is 6.89. The van der Waals surface area contributed by atoms with Crippen LogP contribution in [0.2, 0.25) is 0 Å².